The van der Waals surface area contributed by atoms with Gasteiger partial charge in [0.05, 0.1) is 12.1 Å². The zero-order chi connectivity index (χ0) is 16.3. The molecule has 0 bridgehead atoms. The minimum atomic E-state index is -0.302. The quantitative estimate of drug-likeness (QED) is 0.816. The van der Waals surface area contributed by atoms with Gasteiger partial charge in [-0.2, -0.15) is 0 Å². The number of benzene rings is 1. The van der Waals surface area contributed by atoms with Crippen molar-refractivity contribution >= 4 is 23.2 Å². The number of thiazole rings is 1. The monoisotopic (exact) mass is 329 g/mol. The van der Waals surface area contributed by atoms with E-state index in [0.717, 1.165) is 29.1 Å². The molecule has 1 heterocycles. The summed E-state index contributed by atoms with van der Waals surface area (Å²) in [6.07, 6.45) is 2.52. The SMILES string of the molecule is NC(=O)CC1(CNC(=O)Cc2nc(-c3ccccc3)cs2)CC1. The number of hydrogen-bond acceptors (Lipinski definition) is 4. The zero-order valence-corrected chi connectivity index (χ0v) is 13.6. The molecule has 3 N–H and O–H groups in total. The van der Waals surface area contributed by atoms with Crippen molar-refractivity contribution in [2.24, 2.45) is 11.1 Å². The van der Waals surface area contributed by atoms with Crippen LogP contribution in [0.1, 0.15) is 24.3 Å². The molecule has 1 fully saturated rings. The molecule has 0 saturated heterocycles. The van der Waals surface area contributed by atoms with E-state index in [4.69, 9.17) is 5.73 Å². The second kappa shape index (κ2) is 6.50. The molecule has 3 rings (SSSR count). The summed E-state index contributed by atoms with van der Waals surface area (Å²) in [6.45, 7) is 0.520. The average Bonchev–Trinajstić information content (AvgIpc) is 3.12. The van der Waals surface area contributed by atoms with Gasteiger partial charge in [0.25, 0.3) is 0 Å². The van der Waals surface area contributed by atoms with Crippen molar-refractivity contribution in [2.45, 2.75) is 25.7 Å². The zero-order valence-electron chi connectivity index (χ0n) is 12.7. The van der Waals surface area contributed by atoms with E-state index >= 15 is 0 Å². The number of carbonyl (C=O) groups excluding carboxylic acids is 2. The lowest BCUT2D eigenvalue weighted by Crippen LogP contribution is -2.33. The molecular weight excluding hydrogens is 310 g/mol. The molecule has 120 valence electrons. The standard InChI is InChI=1S/C17H19N3O2S/c18-14(21)9-17(6-7-17)11-19-15(22)8-16-20-13(10-23-16)12-4-2-1-3-5-12/h1-5,10H,6-9,11H2,(H2,18,21)(H,19,22). The van der Waals surface area contributed by atoms with Gasteiger partial charge in [-0.15, -0.1) is 11.3 Å². The third kappa shape index (κ3) is 4.16. The van der Waals surface area contributed by atoms with Crippen molar-refractivity contribution in [3.63, 3.8) is 0 Å². The van der Waals surface area contributed by atoms with Gasteiger partial charge in [0, 0.05) is 23.9 Å². The van der Waals surface area contributed by atoms with Crippen molar-refractivity contribution in [1.82, 2.24) is 10.3 Å². The molecule has 1 aromatic carbocycles. The molecule has 5 nitrogen and oxygen atoms in total. The number of aromatic nitrogens is 1. The van der Waals surface area contributed by atoms with Gasteiger partial charge in [0.2, 0.25) is 11.8 Å². The van der Waals surface area contributed by atoms with Crippen LogP contribution in [0, 0.1) is 5.41 Å². The summed E-state index contributed by atoms with van der Waals surface area (Å²) in [5.74, 6) is -0.362. The number of rotatable bonds is 7. The third-order valence-electron chi connectivity index (χ3n) is 4.10. The first kappa shape index (κ1) is 15.7. The Morgan fingerprint density at radius 2 is 2.00 bits per heavy atom. The second-order valence-electron chi connectivity index (χ2n) is 6.09. The van der Waals surface area contributed by atoms with E-state index in [0.29, 0.717) is 13.0 Å². The summed E-state index contributed by atoms with van der Waals surface area (Å²) in [6, 6.07) is 9.90. The van der Waals surface area contributed by atoms with Gasteiger partial charge in [-0.1, -0.05) is 30.3 Å². The molecule has 2 amide bonds. The number of nitrogens with zero attached hydrogens (tertiary/aromatic N) is 1. The summed E-state index contributed by atoms with van der Waals surface area (Å²) in [4.78, 5) is 27.6. The fraction of sp³-hybridized carbons (Fsp3) is 0.353. The lowest BCUT2D eigenvalue weighted by atomic mass is 10.0. The normalized spacial score (nSPS) is 15.1. The van der Waals surface area contributed by atoms with Gasteiger partial charge in [-0.05, 0) is 18.3 Å². The first-order chi connectivity index (χ1) is 11.1. The number of amides is 2. The fourth-order valence-electron chi connectivity index (χ4n) is 2.58. The molecular formula is C17H19N3O2S. The first-order valence-electron chi connectivity index (χ1n) is 7.61. The Morgan fingerprint density at radius 3 is 2.65 bits per heavy atom. The minimum Gasteiger partial charge on any atom is -0.370 e. The Bertz CT molecular complexity index is 708. The summed E-state index contributed by atoms with van der Waals surface area (Å²) >= 11 is 1.49. The van der Waals surface area contributed by atoms with E-state index in [9.17, 15) is 9.59 Å². The lowest BCUT2D eigenvalue weighted by Gasteiger charge is -2.13. The largest absolute Gasteiger partial charge is 0.370 e. The molecule has 0 aliphatic heterocycles. The van der Waals surface area contributed by atoms with E-state index in [-0.39, 0.29) is 23.7 Å². The molecule has 23 heavy (non-hydrogen) atoms. The van der Waals surface area contributed by atoms with Crippen molar-refractivity contribution < 1.29 is 9.59 Å². The summed E-state index contributed by atoms with van der Waals surface area (Å²) < 4.78 is 0. The van der Waals surface area contributed by atoms with Crippen LogP contribution < -0.4 is 11.1 Å². The Labute approximate surface area is 138 Å². The van der Waals surface area contributed by atoms with Gasteiger partial charge >= 0.3 is 0 Å². The number of carbonyl (C=O) groups is 2. The highest BCUT2D eigenvalue weighted by atomic mass is 32.1. The maximum Gasteiger partial charge on any atom is 0.226 e. The molecule has 0 atom stereocenters. The fourth-order valence-corrected chi connectivity index (χ4v) is 3.38. The highest BCUT2D eigenvalue weighted by Crippen LogP contribution is 2.47. The van der Waals surface area contributed by atoms with Crippen LogP contribution in [0.15, 0.2) is 35.7 Å². The van der Waals surface area contributed by atoms with Crippen LogP contribution in [0.5, 0.6) is 0 Å². The molecule has 1 aromatic heterocycles. The molecule has 1 aliphatic carbocycles. The van der Waals surface area contributed by atoms with Crippen molar-refractivity contribution in [3.8, 4) is 11.3 Å². The Kier molecular flexibility index (Phi) is 4.43. The van der Waals surface area contributed by atoms with Crippen LogP contribution >= 0.6 is 11.3 Å². The van der Waals surface area contributed by atoms with E-state index in [1.54, 1.807) is 0 Å². The van der Waals surface area contributed by atoms with Gasteiger partial charge in [0.15, 0.2) is 0 Å². The third-order valence-corrected chi connectivity index (χ3v) is 4.95. The van der Waals surface area contributed by atoms with Gasteiger partial charge < -0.3 is 11.1 Å². The molecule has 0 unspecified atom stereocenters. The first-order valence-corrected chi connectivity index (χ1v) is 8.49. The van der Waals surface area contributed by atoms with Crippen LogP contribution in [-0.2, 0) is 16.0 Å². The van der Waals surface area contributed by atoms with E-state index in [2.05, 4.69) is 10.3 Å². The van der Waals surface area contributed by atoms with Gasteiger partial charge in [-0.3, -0.25) is 9.59 Å². The Balaban J connectivity index is 1.53. The topological polar surface area (TPSA) is 85.1 Å². The molecule has 0 spiro atoms. The number of nitrogens with two attached hydrogens (primary N) is 1. The van der Waals surface area contributed by atoms with Gasteiger partial charge in [0.1, 0.15) is 5.01 Å². The van der Waals surface area contributed by atoms with Crippen LogP contribution in [0.25, 0.3) is 11.3 Å². The summed E-state index contributed by atoms with van der Waals surface area (Å²) in [5.41, 5.74) is 7.09. The van der Waals surface area contributed by atoms with E-state index in [1.807, 2.05) is 35.7 Å². The van der Waals surface area contributed by atoms with Crippen LogP contribution in [-0.4, -0.2) is 23.3 Å². The number of primary amides is 1. The van der Waals surface area contributed by atoms with Gasteiger partial charge in [-0.25, -0.2) is 4.98 Å². The predicted octanol–water partition coefficient (Wildman–Crippen LogP) is 2.12. The second-order valence-corrected chi connectivity index (χ2v) is 7.03. The van der Waals surface area contributed by atoms with Crippen LogP contribution in [0.4, 0.5) is 0 Å². The van der Waals surface area contributed by atoms with Crippen molar-refractivity contribution in [2.75, 3.05) is 6.54 Å². The molecule has 1 saturated carbocycles. The minimum absolute atomic E-state index is 0.0605. The summed E-state index contributed by atoms with van der Waals surface area (Å²) in [5, 5.41) is 5.67. The predicted molar refractivity (Wildman–Crippen MR) is 89.7 cm³/mol. The highest BCUT2D eigenvalue weighted by Gasteiger charge is 2.43. The number of nitrogens with one attached hydrogen (secondary N) is 1. The highest BCUT2D eigenvalue weighted by molar-refractivity contribution is 7.10. The summed E-state index contributed by atoms with van der Waals surface area (Å²) in [7, 11) is 0. The molecule has 1 aliphatic rings. The van der Waals surface area contributed by atoms with Crippen molar-refractivity contribution in [3.05, 3.63) is 40.7 Å². The van der Waals surface area contributed by atoms with Crippen molar-refractivity contribution in [1.29, 1.82) is 0 Å². The maximum absolute atomic E-state index is 12.1. The number of hydrogen-bond donors (Lipinski definition) is 2. The molecule has 6 heteroatoms. The van der Waals surface area contributed by atoms with E-state index in [1.165, 1.54) is 11.3 Å². The van der Waals surface area contributed by atoms with E-state index < -0.39 is 0 Å². The lowest BCUT2D eigenvalue weighted by molar-refractivity contribution is -0.122. The molecule has 0 radical (unpaired) electrons. The Hall–Kier alpha value is -2.21. The Morgan fingerprint density at radius 1 is 1.26 bits per heavy atom. The smallest absolute Gasteiger partial charge is 0.226 e. The van der Waals surface area contributed by atoms with Crippen LogP contribution in [0.3, 0.4) is 0 Å². The van der Waals surface area contributed by atoms with Crippen LogP contribution in [0.2, 0.25) is 0 Å². The average molecular weight is 329 g/mol. The molecule has 2 aromatic rings. The maximum atomic E-state index is 12.1.